The number of piperazine rings is 1. The van der Waals surface area contributed by atoms with Gasteiger partial charge in [-0.15, -0.1) is 0 Å². The van der Waals surface area contributed by atoms with Crippen molar-refractivity contribution >= 4 is 21.6 Å². The number of nitrogens with zero attached hydrogens (tertiary/aromatic N) is 3. The van der Waals surface area contributed by atoms with Crippen molar-refractivity contribution in [2.75, 3.05) is 42.6 Å². The Bertz CT molecular complexity index is 742. The summed E-state index contributed by atoms with van der Waals surface area (Å²) in [5, 5.41) is 0. The summed E-state index contributed by atoms with van der Waals surface area (Å²) in [6.45, 7) is 1.70. The van der Waals surface area contributed by atoms with Crippen LogP contribution < -0.4 is 4.90 Å². The minimum Gasteiger partial charge on any atom is -0.353 e. The molecule has 0 N–H and O–H groups in total. The fourth-order valence-corrected chi connectivity index (χ4v) is 4.88. The summed E-state index contributed by atoms with van der Waals surface area (Å²) < 4.78 is 60.7. The molecule has 10 heteroatoms. The largest absolute Gasteiger partial charge is 0.417 e. The summed E-state index contributed by atoms with van der Waals surface area (Å²) in [6, 6.07) is 2.31. The first-order chi connectivity index (χ1) is 11.7. The van der Waals surface area contributed by atoms with Crippen LogP contribution in [0, 0.1) is 5.92 Å². The lowest BCUT2D eigenvalue weighted by Gasteiger charge is -2.36. The van der Waals surface area contributed by atoms with Crippen molar-refractivity contribution < 1.29 is 26.4 Å². The highest BCUT2D eigenvalue weighted by atomic mass is 32.2. The van der Waals surface area contributed by atoms with E-state index in [0.29, 0.717) is 38.4 Å². The summed E-state index contributed by atoms with van der Waals surface area (Å²) in [5.74, 6) is -0.226. The summed E-state index contributed by atoms with van der Waals surface area (Å²) in [7, 11) is -3.11. The van der Waals surface area contributed by atoms with E-state index in [1.54, 1.807) is 4.90 Å². The van der Waals surface area contributed by atoms with Gasteiger partial charge in [-0.2, -0.15) is 13.2 Å². The maximum atomic E-state index is 12.6. The van der Waals surface area contributed by atoms with Crippen LogP contribution in [0.3, 0.4) is 0 Å². The van der Waals surface area contributed by atoms with Crippen LogP contribution >= 0.6 is 0 Å². The molecule has 0 saturated carbocycles. The molecule has 6 nitrogen and oxygen atoms in total. The molecule has 0 bridgehead atoms. The topological polar surface area (TPSA) is 70.6 Å². The smallest absolute Gasteiger partial charge is 0.353 e. The van der Waals surface area contributed by atoms with Gasteiger partial charge < -0.3 is 9.80 Å². The van der Waals surface area contributed by atoms with Gasteiger partial charge in [0.05, 0.1) is 23.0 Å². The van der Waals surface area contributed by atoms with Crippen LogP contribution in [0.15, 0.2) is 18.3 Å². The lowest BCUT2D eigenvalue weighted by molar-refractivity contribution is -0.138. The number of hydrogen-bond donors (Lipinski definition) is 0. The van der Waals surface area contributed by atoms with E-state index in [9.17, 15) is 26.4 Å². The van der Waals surface area contributed by atoms with Gasteiger partial charge in [0.2, 0.25) is 5.91 Å². The van der Waals surface area contributed by atoms with E-state index < -0.39 is 27.5 Å². The molecule has 3 heterocycles. The van der Waals surface area contributed by atoms with Gasteiger partial charge in [-0.1, -0.05) is 0 Å². The third kappa shape index (κ3) is 4.05. The Morgan fingerprint density at radius 2 is 1.84 bits per heavy atom. The summed E-state index contributed by atoms with van der Waals surface area (Å²) in [6.07, 6.45) is -3.25. The molecule has 1 aromatic rings. The molecule has 1 amide bonds. The number of rotatable bonds is 2. The maximum Gasteiger partial charge on any atom is 0.417 e. The Morgan fingerprint density at radius 3 is 2.32 bits per heavy atom. The number of aromatic nitrogens is 1. The molecule has 0 aliphatic carbocycles. The van der Waals surface area contributed by atoms with Gasteiger partial charge >= 0.3 is 6.18 Å². The second-order valence-corrected chi connectivity index (χ2v) is 8.54. The van der Waals surface area contributed by atoms with Gasteiger partial charge in [-0.05, 0) is 18.6 Å². The summed E-state index contributed by atoms with van der Waals surface area (Å²) in [5.41, 5.74) is -0.799. The fraction of sp³-hybridized carbons (Fsp3) is 0.600. The van der Waals surface area contributed by atoms with Crippen LogP contribution in [-0.4, -0.2) is 61.9 Å². The van der Waals surface area contributed by atoms with E-state index in [4.69, 9.17) is 0 Å². The first-order valence-electron chi connectivity index (χ1n) is 7.93. The molecule has 1 aromatic heterocycles. The van der Waals surface area contributed by atoms with Crippen molar-refractivity contribution in [3.05, 3.63) is 23.9 Å². The van der Waals surface area contributed by atoms with Gasteiger partial charge in [-0.3, -0.25) is 4.79 Å². The van der Waals surface area contributed by atoms with Crippen molar-refractivity contribution in [2.24, 2.45) is 5.92 Å². The molecule has 138 valence electrons. The zero-order chi connectivity index (χ0) is 18.2. The molecule has 3 rings (SSSR count). The number of hydrogen-bond acceptors (Lipinski definition) is 5. The van der Waals surface area contributed by atoms with Gasteiger partial charge in [0, 0.05) is 32.4 Å². The van der Waals surface area contributed by atoms with Crippen LogP contribution in [0.5, 0.6) is 0 Å². The van der Waals surface area contributed by atoms with Gasteiger partial charge in [-0.25, -0.2) is 13.4 Å². The molecular formula is C15H18F3N3O3S. The zero-order valence-electron chi connectivity index (χ0n) is 13.4. The van der Waals surface area contributed by atoms with Gasteiger partial charge in [0.1, 0.15) is 5.82 Å². The van der Waals surface area contributed by atoms with Crippen molar-refractivity contribution in [1.29, 1.82) is 0 Å². The Kier molecular flexibility index (Phi) is 4.65. The molecule has 0 spiro atoms. The van der Waals surface area contributed by atoms with E-state index in [1.165, 1.54) is 6.07 Å². The number of amides is 1. The quantitative estimate of drug-likeness (QED) is 0.774. The van der Waals surface area contributed by atoms with E-state index in [2.05, 4.69) is 4.98 Å². The first kappa shape index (κ1) is 18.0. The molecule has 2 aliphatic heterocycles. The standard InChI is InChI=1S/C15H18F3N3O3S/c16-15(17,18)12-1-2-13(19-9-12)20-4-6-21(7-5-20)14(22)11-3-8-25(23,24)10-11/h1-2,9,11H,3-8,10H2. The van der Waals surface area contributed by atoms with E-state index in [-0.39, 0.29) is 17.4 Å². The lowest BCUT2D eigenvalue weighted by Crippen LogP contribution is -2.50. The number of anilines is 1. The van der Waals surface area contributed by atoms with E-state index >= 15 is 0 Å². The molecule has 2 saturated heterocycles. The van der Waals surface area contributed by atoms with Crippen molar-refractivity contribution in [3.63, 3.8) is 0 Å². The normalized spacial score (nSPS) is 23.7. The number of halogens is 3. The Labute approximate surface area is 143 Å². The van der Waals surface area contributed by atoms with Crippen LogP contribution in [0.25, 0.3) is 0 Å². The number of alkyl halides is 3. The van der Waals surface area contributed by atoms with Crippen LogP contribution in [0.1, 0.15) is 12.0 Å². The van der Waals surface area contributed by atoms with Crippen molar-refractivity contribution in [3.8, 4) is 0 Å². The highest BCUT2D eigenvalue weighted by Crippen LogP contribution is 2.29. The molecule has 2 aliphatic rings. The zero-order valence-corrected chi connectivity index (χ0v) is 14.2. The minimum absolute atomic E-state index is 0.0544. The maximum absolute atomic E-state index is 12.6. The molecule has 0 radical (unpaired) electrons. The van der Waals surface area contributed by atoms with E-state index in [1.807, 2.05) is 4.90 Å². The van der Waals surface area contributed by atoms with E-state index in [0.717, 1.165) is 12.3 Å². The summed E-state index contributed by atoms with van der Waals surface area (Å²) in [4.78, 5) is 19.7. The predicted molar refractivity (Wildman–Crippen MR) is 84.8 cm³/mol. The second kappa shape index (κ2) is 6.47. The minimum atomic E-state index is -4.42. The Balaban J connectivity index is 1.58. The highest BCUT2D eigenvalue weighted by Gasteiger charge is 2.36. The third-order valence-corrected chi connectivity index (χ3v) is 6.34. The van der Waals surface area contributed by atoms with Crippen LogP contribution in [0.4, 0.5) is 19.0 Å². The average Bonchev–Trinajstić information content (AvgIpc) is 2.94. The number of carbonyl (C=O) groups excluding carboxylic acids is 1. The lowest BCUT2D eigenvalue weighted by atomic mass is 10.1. The SMILES string of the molecule is O=C(C1CCS(=O)(=O)C1)N1CCN(c2ccc(C(F)(F)F)cn2)CC1. The number of sulfone groups is 1. The molecule has 0 aromatic carbocycles. The molecule has 2 fully saturated rings. The fourth-order valence-electron chi connectivity index (χ4n) is 3.14. The van der Waals surface area contributed by atoms with Crippen LogP contribution in [-0.2, 0) is 20.8 Å². The molecular weight excluding hydrogens is 359 g/mol. The van der Waals surface area contributed by atoms with Crippen molar-refractivity contribution in [1.82, 2.24) is 9.88 Å². The molecule has 1 atom stereocenters. The molecule has 25 heavy (non-hydrogen) atoms. The number of carbonyl (C=O) groups is 1. The highest BCUT2D eigenvalue weighted by molar-refractivity contribution is 7.91. The summed E-state index contributed by atoms with van der Waals surface area (Å²) >= 11 is 0. The average molecular weight is 377 g/mol. The molecule has 1 unspecified atom stereocenters. The van der Waals surface area contributed by atoms with Gasteiger partial charge in [0.25, 0.3) is 0 Å². The number of pyridine rings is 1. The predicted octanol–water partition coefficient (Wildman–Crippen LogP) is 1.18. The second-order valence-electron chi connectivity index (χ2n) is 6.32. The first-order valence-corrected chi connectivity index (χ1v) is 9.75. The van der Waals surface area contributed by atoms with Crippen LogP contribution in [0.2, 0.25) is 0 Å². The van der Waals surface area contributed by atoms with Crippen molar-refractivity contribution in [2.45, 2.75) is 12.6 Å². The monoisotopic (exact) mass is 377 g/mol. The third-order valence-electron chi connectivity index (χ3n) is 4.57. The van der Waals surface area contributed by atoms with Gasteiger partial charge in [0.15, 0.2) is 9.84 Å². The Hall–Kier alpha value is -1.84. The Morgan fingerprint density at radius 1 is 1.16 bits per heavy atom.